The summed E-state index contributed by atoms with van der Waals surface area (Å²) in [6.07, 6.45) is 3.72. The van der Waals surface area contributed by atoms with Crippen LogP contribution in [0.25, 0.3) is 0 Å². The van der Waals surface area contributed by atoms with Crippen LogP contribution in [0.1, 0.15) is 0 Å². The molecule has 2 saturated heterocycles. The molecule has 0 saturated carbocycles. The molecule has 3 aliphatic heterocycles. The van der Waals surface area contributed by atoms with Gasteiger partial charge in [-0.3, -0.25) is 19.8 Å². The van der Waals surface area contributed by atoms with Crippen molar-refractivity contribution in [2.45, 2.75) is 24.0 Å². The van der Waals surface area contributed by atoms with E-state index >= 15 is 0 Å². The van der Waals surface area contributed by atoms with E-state index in [0.717, 1.165) is 0 Å². The number of nitrogens with zero attached hydrogens (tertiary/aromatic N) is 2. The highest BCUT2D eigenvalue weighted by Gasteiger charge is 2.54. The smallest absolute Gasteiger partial charge is 0.352 e. The summed E-state index contributed by atoms with van der Waals surface area (Å²) >= 11 is 3.12. The van der Waals surface area contributed by atoms with Crippen LogP contribution in [0, 0.1) is 0 Å². The molecule has 10 heteroatoms. The lowest BCUT2D eigenvalue weighted by Gasteiger charge is -2.49. The Morgan fingerprint density at radius 1 is 1.33 bits per heavy atom. The van der Waals surface area contributed by atoms with Crippen molar-refractivity contribution in [3.8, 4) is 0 Å². The lowest BCUT2D eigenvalue weighted by molar-refractivity contribution is -0.689. The first-order valence-electron chi connectivity index (χ1n) is 8.52. The van der Waals surface area contributed by atoms with Gasteiger partial charge >= 0.3 is 5.97 Å². The number of aromatic nitrogens is 1. The molecule has 3 atom stereocenters. The third-order valence-electron chi connectivity index (χ3n) is 4.73. The van der Waals surface area contributed by atoms with Gasteiger partial charge in [0.1, 0.15) is 17.1 Å². The molecule has 2 fully saturated rings. The van der Waals surface area contributed by atoms with Crippen molar-refractivity contribution in [1.82, 2.24) is 15.5 Å². The molecule has 142 valence electrons. The summed E-state index contributed by atoms with van der Waals surface area (Å²) in [5.41, 5.74) is 0.729. The summed E-state index contributed by atoms with van der Waals surface area (Å²) in [6.45, 7) is 0.409. The Hall–Kier alpha value is -2.04. The van der Waals surface area contributed by atoms with E-state index in [1.807, 2.05) is 35.2 Å². The molecule has 1 aromatic heterocycles. The SMILES string of the molecule is O=C(O)C1=C(C[n+]2ccccc2)CS[C@H]2C(NC(=O)C3CSCN3)C(=O)N12. The van der Waals surface area contributed by atoms with E-state index in [9.17, 15) is 19.5 Å². The highest BCUT2D eigenvalue weighted by molar-refractivity contribution is 8.00. The second-order valence-corrected chi connectivity index (χ2v) is 8.61. The molecule has 3 N–H and O–H groups in total. The topological polar surface area (TPSA) is 103 Å². The minimum absolute atomic E-state index is 0.0418. The zero-order valence-corrected chi connectivity index (χ0v) is 16.0. The molecule has 27 heavy (non-hydrogen) atoms. The van der Waals surface area contributed by atoms with Crippen LogP contribution >= 0.6 is 23.5 Å². The van der Waals surface area contributed by atoms with Gasteiger partial charge in [-0.25, -0.2) is 9.36 Å². The normalized spacial score (nSPS) is 27.2. The minimum atomic E-state index is -1.11. The summed E-state index contributed by atoms with van der Waals surface area (Å²) in [5.74, 6) is 0.213. The number of hydrogen-bond acceptors (Lipinski definition) is 6. The maximum Gasteiger partial charge on any atom is 0.352 e. The second kappa shape index (κ2) is 7.53. The number of pyridine rings is 1. The molecule has 0 spiro atoms. The number of hydrogen-bond donors (Lipinski definition) is 3. The number of thioether (sulfide) groups is 2. The summed E-state index contributed by atoms with van der Waals surface area (Å²) in [7, 11) is 0. The van der Waals surface area contributed by atoms with Crippen LogP contribution in [0.4, 0.5) is 0 Å². The lowest BCUT2D eigenvalue weighted by Crippen LogP contribution is -2.71. The summed E-state index contributed by atoms with van der Waals surface area (Å²) < 4.78 is 1.88. The average Bonchev–Trinajstić information content (AvgIpc) is 3.21. The van der Waals surface area contributed by atoms with Crippen molar-refractivity contribution in [1.29, 1.82) is 0 Å². The van der Waals surface area contributed by atoms with Gasteiger partial charge in [-0.05, 0) is 0 Å². The highest BCUT2D eigenvalue weighted by Crippen LogP contribution is 2.40. The molecule has 0 bridgehead atoms. The fourth-order valence-corrected chi connectivity index (χ4v) is 5.66. The van der Waals surface area contributed by atoms with Crippen molar-refractivity contribution >= 4 is 41.3 Å². The van der Waals surface area contributed by atoms with Gasteiger partial charge < -0.3 is 10.4 Å². The first kappa shape index (κ1) is 18.3. The van der Waals surface area contributed by atoms with Crippen LogP contribution < -0.4 is 15.2 Å². The van der Waals surface area contributed by atoms with Crippen molar-refractivity contribution in [3.05, 3.63) is 41.9 Å². The lowest BCUT2D eigenvalue weighted by atomic mass is 10.0. The van der Waals surface area contributed by atoms with Crippen LogP contribution in [0.15, 0.2) is 41.9 Å². The van der Waals surface area contributed by atoms with E-state index < -0.39 is 12.0 Å². The molecular weight excluding hydrogens is 388 g/mol. The van der Waals surface area contributed by atoms with E-state index in [-0.39, 0.29) is 28.9 Å². The molecule has 2 unspecified atom stereocenters. The van der Waals surface area contributed by atoms with E-state index in [4.69, 9.17) is 0 Å². The van der Waals surface area contributed by atoms with Crippen LogP contribution in [0.3, 0.4) is 0 Å². The molecule has 3 aliphatic rings. The molecule has 2 amide bonds. The maximum absolute atomic E-state index is 12.6. The third kappa shape index (κ3) is 3.44. The number of amides is 2. The van der Waals surface area contributed by atoms with Crippen molar-refractivity contribution in [2.75, 3.05) is 17.4 Å². The molecule has 4 heterocycles. The Bertz CT molecular complexity index is 810. The van der Waals surface area contributed by atoms with E-state index in [1.54, 1.807) is 11.8 Å². The van der Waals surface area contributed by atoms with Gasteiger partial charge in [0.2, 0.25) is 5.91 Å². The first-order chi connectivity index (χ1) is 13.1. The van der Waals surface area contributed by atoms with Gasteiger partial charge in [0.15, 0.2) is 18.9 Å². The number of β-lactam (4-membered cyclic amide) rings is 1. The zero-order chi connectivity index (χ0) is 19.0. The first-order valence-corrected chi connectivity index (χ1v) is 10.7. The monoisotopic (exact) mass is 407 g/mol. The number of aliphatic carboxylic acids is 1. The molecule has 8 nitrogen and oxygen atoms in total. The Morgan fingerprint density at radius 3 is 2.78 bits per heavy atom. The molecular formula is C17H19N4O4S2+. The summed E-state index contributed by atoms with van der Waals surface area (Å²) in [4.78, 5) is 38.1. The van der Waals surface area contributed by atoms with Gasteiger partial charge in [-0.2, -0.15) is 0 Å². The second-order valence-electron chi connectivity index (χ2n) is 6.47. The standard InChI is InChI=1S/C17H18N4O4S2/c22-14(11-8-26-9-18-11)19-12-15(23)21-13(17(24)25)10(7-27-16(12)21)6-20-4-2-1-3-5-20/h1-5,11-12,16,18H,6-9H2,(H-,19,22,24,25)/p+1/t11?,12?,16-/m0/s1. The molecule has 0 aromatic carbocycles. The largest absolute Gasteiger partial charge is 0.477 e. The number of carbonyl (C=O) groups is 3. The maximum atomic E-state index is 12.6. The van der Waals surface area contributed by atoms with Gasteiger partial charge in [-0.1, -0.05) is 6.07 Å². The number of nitrogens with one attached hydrogen (secondary N) is 2. The third-order valence-corrected chi connectivity index (χ3v) is 7.01. The average molecular weight is 407 g/mol. The quantitative estimate of drug-likeness (QED) is 0.441. The van der Waals surface area contributed by atoms with Crippen LogP contribution in [0.5, 0.6) is 0 Å². The molecule has 0 aliphatic carbocycles. The van der Waals surface area contributed by atoms with Gasteiger partial charge in [0.05, 0.1) is 6.04 Å². The zero-order valence-electron chi connectivity index (χ0n) is 14.3. The fourth-order valence-electron chi connectivity index (χ4n) is 3.38. The van der Waals surface area contributed by atoms with Crippen molar-refractivity contribution in [3.63, 3.8) is 0 Å². The molecule has 1 aromatic rings. The predicted molar refractivity (Wildman–Crippen MR) is 101 cm³/mol. The Morgan fingerprint density at radius 2 is 2.11 bits per heavy atom. The van der Waals surface area contributed by atoms with Crippen LogP contribution in [-0.4, -0.2) is 62.6 Å². The van der Waals surface area contributed by atoms with Gasteiger partial charge in [0.25, 0.3) is 5.91 Å². The Labute approximate surface area is 164 Å². The molecule has 0 radical (unpaired) electrons. The number of carbonyl (C=O) groups excluding carboxylic acids is 2. The summed E-state index contributed by atoms with van der Waals surface area (Å²) in [5, 5.41) is 15.2. The minimum Gasteiger partial charge on any atom is -0.477 e. The van der Waals surface area contributed by atoms with E-state index in [1.165, 1.54) is 16.7 Å². The van der Waals surface area contributed by atoms with Crippen molar-refractivity contribution < 1.29 is 24.1 Å². The predicted octanol–water partition coefficient (Wildman–Crippen LogP) is -0.625. The summed E-state index contributed by atoms with van der Waals surface area (Å²) in [6, 6.07) is 4.66. The highest BCUT2D eigenvalue weighted by atomic mass is 32.2. The number of fused-ring (bicyclic) bond motifs is 1. The Kier molecular flexibility index (Phi) is 5.11. The van der Waals surface area contributed by atoms with E-state index in [2.05, 4.69) is 10.6 Å². The van der Waals surface area contributed by atoms with Crippen molar-refractivity contribution in [2.24, 2.45) is 0 Å². The number of rotatable bonds is 5. The number of carboxylic acid groups (broad SMARTS) is 1. The number of carboxylic acids is 1. The van der Waals surface area contributed by atoms with Gasteiger partial charge in [0, 0.05) is 35.1 Å². The van der Waals surface area contributed by atoms with E-state index in [0.29, 0.717) is 29.5 Å². The Balaban J connectivity index is 1.51. The van der Waals surface area contributed by atoms with Crippen LogP contribution in [-0.2, 0) is 20.9 Å². The molecule has 4 rings (SSSR count). The van der Waals surface area contributed by atoms with Gasteiger partial charge in [-0.15, -0.1) is 23.5 Å². The fraction of sp³-hybridized carbons (Fsp3) is 0.412. The van der Waals surface area contributed by atoms with Crippen LogP contribution in [0.2, 0.25) is 0 Å².